The average molecular weight is 641 g/mol. The standard InChI is InChI=1S/C45H28N4O/c1-2-11-30(12-3-1)43-46-44(48-45(47-43)33-25-26-38-37-17-6-9-20-41(37)50-42(38)28-33)31-23-21-29(22-24-31)32-13-10-14-34(27-32)49-39-18-7-4-15-35(39)36-16-5-8-19-40(36)49/h1-28H. The van der Waals surface area contributed by atoms with Crippen molar-refractivity contribution in [1.29, 1.82) is 0 Å². The molecule has 0 N–H and O–H groups in total. The van der Waals surface area contributed by atoms with Crippen molar-refractivity contribution >= 4 is 43.7 Å². The summed E-state index contributed by atoms with van der Waals surface area (Å²) in [7, 11) is 0. The minimum absolute atomic E-state index is 0.596. The first-order chi connectivity index (χ1) is 24.8. The summed E-state index contributed by atoms with van der Waals surface area (Å²) in [6.45, 7) is 0. The first-order valence-corrected chi connectivity index (χ1v) is 16.7. The second-order valence-electron chi connectivity index (χ2n) is 12.5. The molecule has 0 atom stereocenters. The average Bonchev–Trinajstić information content (AvgIpc) is 3.74. The summed E-state index contributed by atoms with van der Waals surface area (Å²) in [6, 6.07) is 58.7. The van der Waals surface area contributed by atoms with Crippen LogP contribution in [0.25, 0.3) is 94.7 Å². The highest BCUT2D eigenvalue weighted by molar-refractivity contribution is 6.09. The van der Waals surface area contributed by atoms with E-state index in [4.69, 9.17) is 19.4 Å². The molecule has 0 saturated heterocycles. The molecule has 5 heteroatoms. The van der Waals surface area contributed by atoms with Crippen molar-refractivity contribution in [3.63, 3.8) is 0 Å². The molecule has 0 aliphatic rings. The molecule has 0 aliphatic carbocycles. The number of rotatable bonds is 5. The van der Waals surface area contributed by atoms with Crippen LogP contribution in [0.15, 0.2) is 174 Å². The lowest BCUT2D eigenvalue weighted by molar-refractivity contribution is 0.669. The minimum atomic E-state index is 0.596. The summed E-state index contributed by atoms with van der Waals surface area (Å²) in [5, 5.41) is 4.67. The number of aromatic nitrogens is 4. The zero-order chi connectivity index (χ0) is 33.0. The van der Waals surface area contributed by atoms with E-state index < -0.39 is 0 Å². The molecule has 0 unspecified atom stereocenters. The van der Waals surface area contributed by atoms with E-state index in [1.165, 1.54) is 21.8 Å². The number of fused-ring (bicyclic) bond motifs is 6. The van der Waals surface area contributed by atoms with Gasteiger partial charge in [0.15, 0.2) is 17.5 Å². The van der Waals surface area contributed by atoms with Crippen LogP contribution in [0.3, 0.4) is 0 Å². The van der Waals surface area contributed by atoms with Crippen molar-refractivity contribution in [1.82, 2.24) is 19.5 Å². The summed E-state index contributed by atoms with van der Waals surface area (Å²) >= 11 is 0. The SMILES string of the molecule is c1ccc(-c2nc(-c3ccc(-c4cccc(-n5c6ccccc6c6ccccc65)c4)cc3)nc(-c3ccc4c(c3)oc3ccccc34)n2)cc1. The number of furan rings is 1. The Morgan fingerprint density at radius 1 is 0.340 bits per heavy atom. The van der Waals surface area contributed by atoms with Crippen LogP contribution in [0, 0.1) is 0 Å². The van der Waals surface area contributed by atoms with E-state index in [0.717, 1.165) is 55.4 Å². The Labute approximate surface area is 287 Å². The Kier molecular flexibility index (Phi) is 6.42. The van der Waals surface area contributed by atoms with Crippen molar-refractivity contribution in [2.75, 3.05) is 0 Å². The van der Waals surface area contributed by atoms with E-state index in [1.807, 2.05) is 54.6 Å². The fraction of sp³-hybridized carbons (Fsp3) is 0. The summed E-state index contributed by atoms with van der Waals surface area (Å²) < 4.78 is 8.55. The maximum Gasteiger partial charge on any atom is 0.164 e. The third-order valence-electron chi connectivity index (χ3n) is 9.47. The van der Waals surface area contributed by atoms with Crippen LogP contribution in [0.4, 0.5) is 0 Å². The van der Waals surface area contributed by atoms with Gasteiger partial charge in [-0.25, -0.2) is 15.0 Å². The maximum atomic E-state index is 6.20. The van der Waals surface area contributed by atoms with Gasteiger partial charge in [0.25, 0.3) is 0 Å². The number of nitrogens with zero attached hydrogens (tertiary/aromatic N) is 4. The van der Waals surface area contributed by atoms with Gasteiger partial charge in [0.2, 0.25) is 0 Å². The molecular formula is C45H28N4O. The molecule has 10 rings (SSSR count). The van der Waals surface area contributed by atoms with E-state index in [2.05, 4.69) is 120 Å². The van der Waals surface area contributed by atoms with E-state index >= 15 is 0 Å². The van der Waals surface area contributed by atoms with Crippen LogP contribution >= 0.6 is 0 Å². The highest BCUT2D eigenvalue weighted by atomic mass is 16.3. The highest BCUT2D eigenvalue weighted by Gasteiger charge is 2.16. The lowest BCUT2D eigenvalue weighted by Crippen LogP contribution is -2.00. The lowest BCUT2D eigenvalue weighted by atomic mass is 10.0. The normalized spacial score (nSPS) is 11.6. The fourth-order valence-electron chi connectivity index (χ4n) is 7.05. The van der Waals surface area contributed by atoms with Crippen LogP contribution in [0.1, 0.15) is 0 Å². The van der Waals surface area contributed by atoms with Gasteiger partial charge in [-0.15, -0.1) is 0 Å². The van der Waals surface area contributed by atoms with Crippen molar-refractivity contribution in [2.24, 2.45) is 0 Å². The van der Waals surface area contributed by atoms with Crippen LogP contribution in [-0.4, -0.2) is 19.5 Å². The largest absolute Gasteiger partial charge is 0.456 e. The van der Waals surface area contributed by atoms with Gasteiger partial charge in [-0.2, -0.15) is 0 Å². The number of hydrogen-bond donors (Lipinski definition) is 0. The van der Waals surface area contributed by atoms with Crippen molar-refractivity contribution in [3.05, 3.63) is 170 Å². The predicted octanol–water partition coefficient (Wildman–Crippen LogP) is 11.5. The van der Waals surface area contributed by atoms with Crippen LogP contribution in [-0.2, 0) is 0 Å². The van der Waals surface area contributed by atoms with E-state index in [9.17, 15) is 0 Å². The Balaban J connectivity index is 1.05. The van der Waals surface area contributed by atoms with Crippen LogP contribution < -0.4 is 0 Å². The number of para-hydroxylation sites is 3. The molecule has 3 heterocycles. The quantitative estimate of drug-likeness (QED) is 0.188. The second-order valence-corrected chi connectivity index (χ2v) is 12.5. The first kappa shape index (κ1) is 28.2. The Hall–Kier alpha value is -6.85. The minimum Gasteiger partial charge on any atom is -0.456 e. The van der Waals surface area contributed by atoms with Gasteiger partial charge in [-0.05, 0) is 53.6 Å². The van der Waals surface area contributed by atoms with Gasteiger partial charge < -0.3 is 8.98 Å². The predicted molar refractivity (Wildman–Crippen MR) is 203 cm³/mol. The maximum absolute atomic E-state index is 6.20. The van der Waals surface area contributed by atoms with Gasteiger partial charge in [0.1, 0.15) is 11.2 Å². The second kappa shape index (κ2) is 11.4. The monoisotopic (exact) mass is 640 g/mol. The summed E-state index contributed by atoms with van der Waals surface area (Å²) in [6.07, 6.45) is 0. The molecule has 234 valence electrons. The third-order valence-corrected chi connectivity index (χ3v) is 9.47. The zero-order valence-corrected chi connectivity index (χ0v) is 26.9. The van der Waals surface area contributed by atoms with Gasteiger partial charge in [0.05, 0.1) is 11.0 Å². The van der Waals surface area contributed by atoms with Crippen LogP contribution in [0.5, 0.6) is 0 Å². The topological polar surface area (TPSA) is 56.7 Å². The number of hydrogen-bond acceptors (Lipinski definition) is 4. The highest BCUT2D eigenvalue weighted by Crippen LogP contribution is 2.35. The van der Waals surface area contributed by atoms with Gasteiger partial charge in [0, 0.05) is 43.9 Å². The van der Waals surface area contributed by atoms with Gasteiger partial charge >= 0.3 is 0 Å². The van der Waals surface area contributed by atoms with E-state index in [-0.39, 0.29) is 0 Å². The van der Waals surface area contributed by atoms with Gasteiger partial charge in [-0.1, -0.05) is 127 Å². The Morgan fingerprint density at radius 2 is 0.860 bits per heavy atom. The van der Waals surface area contributed by atoms with Crippen molar-refractivity contribution in [3.8, 4) is 51.0 Å². The van der Waals surface area contributed by atoms with E-state index in [1.54, 1.807) is 0 Å². The van der Waals surface area contributed by atoms with Crippen LogP contribution in [0.2, 0.25) is 0 Å². The fourth-order valence-corrected chi connectivity index (χ4v) is 7.05. The third kappa shape index (κ3) is 4.67. The molecule has 0 amide bonds. The smallest absolute Gasteiger partial charge is 0.164 e. The molecule has 3 aromatic heterocycles. The molecule has 0 fully saturated rings. The molecule has 50 heavy (non-hydrogen) atoms. The molecule has 0 radical (unpaired) electrons. The molecule has 7 aromatic carbocycles. The molecule has 0 aliphatic heterocycles. The lowest BCUT2D eigenvalue weighted by Gasteiger charge is -2.11. The molecule has 0 spiro atoms. The molecule has 10 aromatic rings. The number of benzene rings is 7. The van der Waals surface area contributed by atoms with Crippen molar-refractivity contribution in [2.45, 2.75) is 0 Å². The molecule has 0 bridgehead atoms. The summed E-state index contributed by atoms with van der Waals surface area (Å²) in [5.41, 5.74) is 10.2. The zero-order valence-electron chi connectivity index (χ0n) is 26.9. The first-order valence-electron chi connectivity index (χ1n) is 16.7. The van der Waals surface area contributed by atoms with Crippen molar-refractivity contribution < 1.29 is 4.42 Å². The summed E-state index contributed by atoms with van der Waals surface area (Å²) in [4.78, 5) is 14.9. The Morgan fingerprint density at radius 3 is 1.58 bits per heavy atom. The molecular weight excluding hydrogens is 613 g/mol. The summed E-state index contributed by atoms with van der Waals surface area (Å²) in [5.74, 6) is 1.83. The van der Waals surface area contributed by atoms with Gasteiger partial charge in [-0.3, -0.25) is 0 Å². The Bertz CT molecular complexity index is 2810. The molecule has 0 saturated carbocycles. The molecule has 5 nitrogen and oxygen atoms in total. The van der Waals surface area contributed by atoms with E-state index in [0.29, 0.717) is 17.5 Å².